The van der Waals surface area contributed by atoms with Crippen LogP contribution in [-0.2, 0) is 22.7 Å². The molecule has 18 heavy (non-hydrogen) atoms. The molecule has 3 nitrogen and oxygen atoms in total. The first-order chi connectivity index (χ1) is 8.67. The van der Waals surface area contributed by atoms with Crippen LogP contribution in [0.25, 0.3) is 0 Å². The highest BCUT2D eigenvalue weighted by molar-refractivity contribution is 6.30. The second-order valence-corrected chi connectivity index (χ2v) is 5.63. The summed E-state index contributed by atoms with van der Waals surface area (Å²) in [5.74, 6) is -0.0723. The van der Waals surface area contributed by atoms with E-state index in [-0.39, 0.29) is 0 Å². The number of fused-ring (bicyclic) bond motifs is 1. The average molecular weight is 268 g/mol. The Morgan fingerprint density at radius 3 is 2.78 bits per heavy atom. The van der Waals surface area contributed by atoms with E-state index >= 15 is 0 Å². The fourth-order valence-corrected chi connectivity index (χ4v) is 2.89. The molecule has 4 heteroatoms. The summed E-state index contributed by atoms with van der Waals surface area (Å²) in [6.45, 7) is 5.24. The van der Waals surface area contributed by atoms with Crippen molar-refractivity contribution in [2.45, 2.75) is 32.3 Å². The van der Waals surface area contributed by atoms with Crippen molar-refractivity contribution in [1.29, 1.82) is 0 Å². The molecule has 98 valence electrons. The highest BCUT2D eigenvalue weighted by Crippen LogP contribution is 2.34. The Kier molecular flexibility index (Phi) is 3.32. The molecule has 0 amide bonds. The zero-order chi connectivity index (χ0) is 12.6. The molecule has 1 saturated heterocycles. The van der Waals surface area contributed by atoms with Gasteiger partial charge in [0.15, 0.2) is 5.79 Å². The SMILES string of the molecule is CC1(C2CCNC2)OCc2ccc(Cl)cc2CO1. The van der Waals surface area contributed by atoms with Gasteiger partial charge >= 0.3 is 0 Å². The summed E-state index contributed by atoms with van der Waals surface area (Å²) in [4.78, 5) is 0. The molecular formula is C14H18ClNO2. The van der Waals surface area contributed by atoms with E-state index in [0.717, 1.165) is 30.1 Å². The van der Waals surface area contributed by atoms with Gasteiger partial charge in [0, 0.05) is 17.5 Å². The van der Waals surface area contributed by atoms with E-state index in [2.05, 4.69) is 12.2 Å². The maximum absolute atomic E-state index is 6.04. The number of hydrogen-bond donors (Lipinski definition) is 1. The lowest BCUT2D eigenvalue weighted by Crippen LogP contribution is -2.40. The lowest BCUT2D eigenvalue weighted by molar-refractivity contribution is -0.258. The molecule has 0 saturated carbocycles. The third kappa shape index (κ3) is 2.28. The Balaban J connectivity index is 1.81. The monoisotopic (exact) mass is 267 g/mol. The first-order valence-electron chi connectivity index (χ1n) is 6.43. The van der Waals surface area contributed by atoms with Crippen molar-refractivity contribution in [2.24, 2.45) is 5.92 Å². The highest BCUT2D eigenvalue weighted by atomic mass is 35.5. The molecule has 0 radical (unpaired) electrons. The Bertz CT molecular complexity index is 445. The van der Waals surface area contributed by atoms with Gasteiger partial charge in [-0.2, -0.15) is 0 Å². The van der Waals surface area contributed by atoms with E-state index in [1.54, 1.807) is 0 Å². The minimum Gasteiger partial charge on any atom is -0.345 e. The molecule has 0 aromatic heterocycles. The van der Waals surface area contributed by atoms with Crippen LogP contribution in [-0.4, -0.2) is 18.9 Å². The highest BCUT2D eigenvalue weighted by Gasteiger charge is 2.39. The molecule has 1 fully saturated rings. The molecule has 1 N–H and O–H groups in total. The summed E-state index contributed by atoms with van der Waals surface area (Å²) >= 11 is 6.02. The smallest absolute Gasteiger partial charge is 0.170 e. The Morgan fingerprint density at radius 2 is 2.06 bits per heavy atom. The molecule has 2 aliphatic rings. The minimum atomic E-state index is -0.491. The van der Waals surface area contributed by atoms with Gasteiger partial charge in [0.25, 0.3) is 0 Å². The maximum atomic E-state index is 6.04. The van der Waals surface area contributed by atoms with Crippen LogP contribution in [0.5, 0.6) is 0 Å². The van der Waals surface area contributed by atoms with Gasteiger partial charge in [-0.05, 0) is 43.1 Å². The van der Waals surface area contributed by atoms with E-state index in [4.69, 9.17) is 21.1 Å². The molecule has 2 atom stereocenters. The Labute approximate surface area is 112 Å². The van der Waals surface area contributed by atoms with Crippen LogP contribution in [0.2, 0.25) is 5.02 Å². The van der Waals surface area contributed by atoms with Crippen molar-refractivity contribution in [1.82, 2.24) is 5.32 Å². The molecule has 1 aromatic carbocycles. The normalized spacial score (nSPS) is 32.0. The van der Waals surface area contributed by atoms with Crippen LogP contribution in [0, 0.1) is 5.92 Å². The molecule has 0 aliphatic carbocycles. The van der Waals surface area contributed by atoms with E-state index in [1.807, 2.05) is 18.2 Å². The van der Waals surface area contributed by atoms with Gasteiger partial charge < -0.3 is 14.8 Å². The van der Waals surface area contributed by atoms with Gasteiger partial charge in [0.1, 0.15) is 0 Å². The zero-order valence-corrected chi connectivity index (χ0v) is 11.3. The van der Waals surface area contributed by atoms with Crippen molar-refractivity contribution >= 4 is 11.6 Å². The van der Waals surface area contributed by atoms with E-state index < -0.39 is 5.79 Å². The van der Waals surface area contributed by atoms with Crippen molar-refractivity contribution in [3.63, 3.8) is 0 Å². The second-order valence-electron chi connectivity index (χ2n) is 5.20. The number of hydrogen-bond acceptors (Lipinski definition) is 3. The standard InChI is InChI=1S/C14H18ClNO2/c1-14(12-4-5-16-7-12)17-8-10-2-3-13(15)6-11(10)9-18-14/h2-3,6,12,16H,4-5,7-9H2,1H3. The summed E-state index contributed by atoms with van der Waals surface area (Å²) in [6.07, 6.45) is 1.10. The summed E-state index contributed by atoms with van der Waals surface area (Å²) in [5.41, 5.74) is 2.31. The summed E-state index contributed by atoms with van der Waals surface area (Å²) in [5, 5.41) is 4.12. The van der Waals surface area contributed by atoms with Crippen molar-refractivity contribution in [3.05, 3.63) is 34.3 Å². The molecule has 0 bridgehead atoms. The van der Waals surface area contributed by atoms with Gasteiger partial charge in [0.05, 0.1) is 13.2 Å². The molecular weight excluding hydrogens is 250 g/mol. The zero-order valence-electron chi connectivity index (χ0n) is 10.5. The molecule has 2 unspecified atom stereocenters. The topological polar surface area (TPSA) is 30.5 Å². The second kappa shape index (κ2) is 4.82. The first kappa shape index (κ1) is 12.4. The largest absolute Gasteiger partial charge is 0.345 e. The molecule has 0 spiro atoms. The third-order valence-electron chi connectivity index (χ3n) is 4.00. The molecule has 2 heterocycles. The van der Waals surface area contributed by atoms with Gasteiger partial charge in [-0.1, -0.05) is 17.7 Å². The van der Waals surface area contributed by atoms with Crippen LogP contribution in [0.1, 0.15) is 24.5 Å². The van der Waals surface area contributed by atoms with Crippen molar-refractivity contribution in [3.8, 4) is 0 Å². The van der Waals surface area contributed by atoms with Crippen molar-refractivity contribution in [2.75, 3.05) is 13.1 Å². The quantitative estimate of drug-likeness (QED) is 0.849. The predicted molar refractivity (Wildman–Crippen MR) is 70.4 cm³/mol. The minimum absolute atomic E-state index is 0.419. The third-order valence-corrected chi connectivity index (χ3v) is 4.23. The van der Waals surface area contributed by atoms with Crippen LogP contribution in [0.3, 0.4) is 0 Å². The van der Waals surface area contributed by atoms with Crippen molar-refractivity contribution < 1.29 is 9.47 Å². The van der Waals surface area contributed by atoms with Gasteiger partial charge in [0.2, 0.25) is 0 Å². The van der Waals surface area contributed by atoms with Crippen LogP contribution < -0.4 is 5.32 Å². The van der Waals surface area contributed by atoms with E-state index in [1.165, 1.54) is 5.56 Å². The number of rotatable bonds is 1. The summed E-state index contributed by atoms with van der Waals surface area (Å²) in [7, 11) is 0. The molecule has 1 aromatic rings. The van der Waals surface area contributed by atoms with Gasteiger partial charge in [-0.15, -0.1) is 0 Å². The van der Waals surface area contributed by atoms with Gasteiger partial charge in [-0.25, -0.2) is 0 Å². The van der Waals surface area contributed by atoms with E-state index in [9.17, 15) is 0 Å². The van der Waals surface area contributed by atoms with Gasteiger partial charge in [-0.3, -0.25) is 0 Å². The Hall–Kier alpha value is -0.610. The predicted octanol–water partition coefficient (Wildman–Crippen LogP) is 2.71. The fourth-order valence-electron chi connectivity index (χ4n) is 2.69. The fraction of sp³-hybridized carbons (Fsp3) is 0.571. The summed E-state index contributed by atoms with van der Waals surface area (Å²) in [6, 6.07) is 5.90. The van der Waals surface area contributed by atoms with Crippen LogP contribution >= 0.6 is 11.6 Å². The number of nitrogens with one attached hydrogen (secondary N) is 1. The lowest BCUT2D eigenvalue weighted by Gasteiger charge is -2.33. The van der Waals surface area contributed by atoms with Crippen LogP contribution in [0.4, 0.5) is 0 Å². The summed E-state index contributed by atoms with van der Waals surface area (Å²) < 4.78 is 12.1. The molecule has 2 aliphatic heterocycles. The number of halogens is 1. The maximum Gasteiger partial charge on any atom is 0.170 e. The lowest BCUT2D eigenvalue weighted by atomic mass is 9.99. The number of ether oxygens (including phenoxy) is 2. The first-order valence-corrected chi connectivity index (χ1v) is 6.81. The van der Waals surface area contributed by atoms with E-state index in [0.29, 0.717) is 19.1 Å². The number of benzene rings is 1. The average Bonchev–Trinajstić information content (AvgIpc) is 2.84. The Morgan fingerprint density at radius 1 is 1.28 bits per heavy atom. The van der Waals surface area contributed by atoms with Crippen LogP contribution in [0.15, 0.2) is 18.2 Å². The molecule has 3 rings (SSSR count).